The van der Waals surface area contributed by atoms with Crippen LogP contribution < -0.4 is 5.32 Å². The molecule has 0 aliphatic rings. The van der Waals surface area contributed by atoms with Gasteiger partial charge in [0.25, 0.3) is 0 Å². The first kappa shape index (κ1) is 11.4. The molecule has 0 radical (unpaired) electrons. The average molecular weight is 209 g/mol. The van der Waals surface area contributed by atoms with Gasteiger partial charge in [-0.25, -0.2) is 9.97 Å². The van der Waals surface area contributed by atoms with Crippen molar-refractivity contribution in [1.29, 1.82) is 0 Å². The summed E-state index contributed by atoms with van der Waals surface area (Å²) in [7, 11) is 0. The molecule has 0 unspecified atom stereocenters. The topological polar surface area (TPSA) is 75.1 Å². The molecule has 0 saturated heterocycles. The van der Waals surface area contributed by atoms with Crippen molar-refractivity contribution in [3.05, 3.63) is 17.1 Å². The van der Waals surface area contributed by atoms with E-state index in [2.05, 4.69) is 15.3 Å². The van der Waals surface area contributed by atoms with Gasteiger partial charge < -0.3 is 10.4 Å². The third-order valence-corrected chi connectivity index (χ3v) is 2.13. The Balaban J connectivity index is 2.72. The van der Waals surface area contributed by atoms with E-state index in [0.717, 1.165) is 17.1 Å². The van der Waals surface area contributed by atoms with Crippen molar-refractivity contribution in [2.24, 2.45) is 0 Å². The standard InChI is InChI=1S/C10H15N3O2/c1-6-7(2)12-8(3)13-10(6)11-5-4-9(14)15/h4-5H2,1-3H3,(H,14,15)(H,11,12,13). The number of carboxylic acid groups (broad SMARTS) is 1. The van der Waals surface area contributed by atoms with Crippen molar-refractivity contribution in [2.75, 3.05) is 11.9 Å². The fraction of sp³-hybridized carbons (Fsp3) is 0.500. The van der Waals surface area contributed by atoms with Crippen molar-refractivity contribution in [3.63, 3.8) is 0 Å². The van der Waals surface area contributed by atoms with E-state index >= 15 is 0 Å². The Morgan fingerprint density at radius 2 is 2.00 bits per heavy atom. The molecule has 0 aromatic carbocycles. The number of aliphatic carboxylic acids is 1. The molecular weight excluding hydrogens is 194 g/mol. The Labute approximate surface area is 88.6 Å². The van der Waals surface area contributed by atoms with Gasteiger partial charge in [0.1, 0.15) is 11.6 Å². The molecule has 0 aliphatic heterocycles. The van der Waals surface area contributed by atoms with Gasteiger partial charge in [0.2, 0.25) is 0 Å². The van der Waals surface area contributed by atoms with E-state index in [9.17, 15) is 4.79 Å². The lowest BCUT2D eigenvalue weighted by Gasteiger charge is -2.09. The molecule has 5 nitrogen and oxygen atoms in total. The van der Waals surface area contributed by atoms with Crippen molar-refractivity contribution in [3.8, 4) is 0 Å². The van der Waals surface area contributed by atoms with Gasteiger partial charge in [-0.3, -0.25) is 4.79 Å². The van der Waals surface area contributed by atoms with Gasteiger partial charge in [-0.05, 0) is 20.8 Å². The van der Waals surface area contributed by atoms with Gasteiger partial charge in [0, 0.05) is 17.8 Å². The van der Waals surface area contributed by atoms with E-state index in [1.165, 1.54) is 0 Å². The number of nitrogens with zero attached hydrogens (tertiary/aromatic N) is 2. The molecule has 5 heteroatoms. The van der Waals surface area contributed by atoms with Gasteiger partial charge in [-0.15, -0.1) is 0 Å². The maximum atomic E-state index is 10.3. The Morgan fingerprint density at radius 3 is 2.60 bits per heavy atom. The molecule has 1 rings (SSSR count). The van der Waals surface area contributed by atoms with E-state index in [0.29, 0.717) is 12.4 Å². The number of carboxylic acids is 1. The maximum Gasteiger partial charge on any atom is 0.305 e. The van der Waals surface area contributed by atoms with Gasteiger partial charge in [-0.1, -0.05) is 0 Å². The molecule has 1 aromatic heterocycles. The Morgan fingerprint density at radius 1 is 1.33 bits per heavy atom. The number of hydrogen-bond acceptors (Lipinski definition) is 4. The minimum atomic E-state index is -0.817. The summed E-state index contributed by atoms with van der Waals surface area (Å²) in [6, 6.07) is 0. The molecule has 82 valence electrons. The van der Waals surface area contributed by atoms with Gasteiger partial charge in [0.15, 0.2) is 0 Å². The summed E-state index contributed by atoms with van der Waals surface area (Å²) < 4.78 is 0. The highest BCUT2D eigenvalue weighted by Gasteiger charge is 2.05. The van der Waals surface area contributed by atoms with Gasteiger partial charge in [-0.2, -0.15) is 0 Å². The first-order valence-corrected chi connectivity index (χ1v) is 4.78. The zero-order valence-electron chi connectivity index (χ0n) is 9.16. The van der Waals surface area contributed by atoms with Crippen molar-refractivity contribution >= 4 is 11.8 Å². The lowest BCUT2D eigenvalue weighted by Crippen LogP contribution is -2.11. The summed E-state index contributed by atoms with van der Waals surface area (Å²) in [6.07, 6.45) is 0.0849. The predicted molar refractivity (Wildman–Crippen MR) is 57.0 cm³/mol. The fourth-order valence-electron chi connectivity index (χ4n) is 1.23. The van der Waals surface area contributed by atoms with Crippen LogP contribution in [0.1, 0.15) is 23.5 Å². The summed E-state index contributed by atoms with van der Waals surface area (Å²) in [6.45, 7) is 6.02. The zero-order valence-corrected chi connectivity index (χ0v) is 9.16. The second-order valence-corrected chi connectivity index (χ2v) is 3.40. The summed E-state index contributed by atoms with van der Waals surface area (Å²) >= 11 is 0. The largest absolute Gasteiger partial charge is 0.481 e. The lowest BCUT2D eigenvalue weighted by molar-refractivity contribution is -0.136. The van der Waals surface area contributed by atoms with E-state index in [-0.39, 0.29) is 6.42 Å². The fourth-order valence-corrected chi connectivity index (χ4v) is 1.23. The van der Waals surface area contributed by atoms with E-state index in [4.69, 9.17) is 5.11 Å². The van der Waals surface area contributed by atoms with E-state index < -0.39 is 5.97 Å². The molecule has 2 N–H and O–H groups in total. The number of hydrogen-bond donors (Lipinski definition) is 2. The van der Waals surface area contributed by atoms with Crippen LogP contribution in [-0.2, 0) is 4.79 Å². The first-order valence-electron chi connectivity index (χ1n) is 4.78. The number of rotatable bonds is 4. The van der Waals surface area contributed by atoms with Crippen LogP contribution in [0.15, 0.2) is 0 Å². The molecule has 15 heavy (non-hydrogen) atoms. The van der Waals surface area contributed by atoms with Crippen LogP contribution in [0.5, 0.6) is 0 Å². The quantitative estimate of drug-likeness (QED) is 0.781. The molecule has 0 bridgehead atoms. The molecular formula is C10H15N3O2. The third kappa shape index (κ3) is 3.19. The molecule has 0 atom stereocenters. The minimum absolute atomic E-state index is 0.0849. The van der Waals surface area contributed by atoms with E-state index in [1.54, 1.807) is 0 Å². The van der Waals surface area contributed by atoms with Gasteiger partial charge in [0.05, 0.1) is 6.42 Å². The molecule has 0 amide bonds. The number of aromatic nitrogens is 2. The maximum absolute atomic E-state index is 10.3. The minimum Gasteiger partial charge on any atom is -0.481 e. The molecule has 0 saturated carbocycles. The number of carbonyl (C=O) groups is 1. The third-order valence-electron chi connectivity index (χ3n) is 2.13. The van der Waals surface area contributed by atoms with Crippen LogP contribution in [0, 0.1) is 20.8 Å². The van der Waals surface area contributed by atoms with Crippen molar-refractivity contribution < 1.29 is 9.90 Å². The normalized spacial score (nSPS) is 10.1. The average Bonchev–Trinajstić information content (AvgIpc) is 2.12. The highest BCUT2D eigenvalue weighted by molar-refractivity contribution is 5.67. The zero-order chi connectivity index (χ0) is 11.4. The number of aryl methyl sites for hydroxylation is 2. The van der Waals surface area contributed by atoms with Crippen LogP contribution in [-0.4, -0.2) is 27.6 Å². The highest BCUT2D eigenvalue weighted by atomic mass is 16.4. The van der Waals surface area contributed by atoms with Crippen molar-refractivity contribution in [2.45, 2.75) is 27.2 Å². The molecule has 1 aromatic rings. The molecule has 0 fully saturated rings. The first-order chi connectivity index (χ1) is 7.00. The van der Waals surface area contributed by atoms with Crippen LogP contribution >= 0.6 is 0 Å². The van der Waals surface area contributed by atoms with Crippen LogP contribution in [0.3, 0.4) is 0 Å². The summed E-state index contributed by atoms with van der Waals surface area (Å²) in [5.41, 5.74) is 1.88. The molecule has 0 spiro atoms. The Hall–Kier alpha value is -1.65. The van der Waals surface area contributed by atoms with Crippen LogP contribution in [0.4, 0.5) is 5.82 Å². The second-order valence-electron chi connectivity index (χ2n) is 3.40. The summed E-state index contributed by atoms with van der Waals surface area (Å²) in [5.74, 6) is 0.597. The predicted octanol–water partition coefficient (Wildman–Crippen LogP) is 1.29. The smallest absolute Gasteiger partial charge is 0.305 e. The number of nitrogens with one attached hydrogen (secondary N) is 1. The van der Waals surface area contributed by atoms with Crippen LogP contribution in [0.25, 0.3) is 0 Å². The summed E-state index contributed by atoms with van der Waals surface area (Å²) in [4.78, 5) is 18.8. The highest BCUT2D eigenvalue weighted by Crippen LogP contribution is 2.14. The van der Waals surface area contributed by atoms with Crippen molar-refractivity contribution in [1.82, 2.24) is 9.97 Å². The van der Waals surface area contributed by atoms with Gasteiger partial charge >= 0.3 is 5.97 Å². The Bertz CT molecular complexity index is 377. The number of anilines is 1. The monoisotopic (exact) mass is 209 g/mol. The van der Waals surface area contributed by atoms with Crippen LogP contribution in [0.2, 0.25) is 0 Å². The lowest BCUT2D eigenvalue weighted by atomic mass is 10.2. The summed E-state index contributed by atoms with van der Waals surface area (Å²) in [5, 5.41) is 11.5. The molecule has 1 heterocycles. The van der Waals surface area contributed by atoms with E-state index in [1.807, 2.05) is 20.8 Å². The second kappa shape index (κ2) is 4.72. The molecule has 0 aliphatic carbocycles. The Kier molecular flexibility index (Phi) is 3.60. The SMILES string of the molecule is Cc1nc(C)c(C)c(NCCC(=O)O)n1.